The van der Waals surface area contributed by atoms with Gasteiger partial charge in [0.1, 0.15) is 6.61 Å². The van der Waals surface area contributed by atoms with Gasteiger partial charge in [0.25, 0.3) is 0 Å². The first-order chi connectivity index (χ1) is 16.0. The molecule has 3 rings (SSSR count). The maximum atomic E-state index is 11.0. The highest BCUT2D eigenvalue weighted by molar-refractivity contribution is 6.34. The Morgan fingerprint density at radius 2 is 1.67 bits per heavy atom. The summed E-state index contributed by atoms with van der Waals surface area (Å²) >= 11 is 6.65. The Morgan fingerprint density at radius 3 is 2.30 bits per heavy atom. The topological polar surface area (TPSA) is 94.6 Å². The number of rotatable bonds is 11. The first-order valence-corrected chi connectivity index (χ1v) is 10.8. The zero-order valence-electron chi connectivity index (χ0n) is 18.9. The van der Waals surface area contributed by atoms with Crippen molar-refractivity contribution in [3.63, 3.8) is 0 Å². The molecule has 0 aliphatic heterocycles. The highest BCUT2D eigenvalue weighted by Gasteiger charge is 2.17. The van der Waals surface area contributed by atoms with Crippen LogP contribution in [0.15, 0.2) is 48.5 Å². The predicted octanol–water partition coefficient (Wildman–Crippen LogP) is 3.62. The van der Waals surface area contributed by atoms with E-state index < -0.39 is 0 Å². The Morgan fingerprint density at radius 1 is 0.970 bits per heavy atom. The second-order valence-electron chi connectivity index (χ2n) is 7.10. The van der Waals surface area contributed by atoms with E-state index in [-0.39, 0.29) is 18.5 Å². The minimum atomic E-state index is -0.0776. The second-order valence-corrected chi connectivity index (χ2v) is 7.47. The number of hydrogen-bond acceptors (Lipinski definition) is 7. The van der Waals surface area contributed by atoms with E-state index in [0.717, 1.165) is 16.7 Å². The van der Waals surface area contributed by atoms with Crippen LogP contribution in [0.4, 0.5) is 0 Å². The van der Waals surface area contributed by atoms with Crippen molar-refractivity contribution in [2.75, 3.05) is 27.3 Å². The average molecular weight is 471 g/mol. The summed E-state index contributed by atoms with van der Waals surface area (Å²) in [6, 6.07) is 15.8. The molecule has 0 aliphatic rings. The number of halogens is 1. The molecule has 8 nitrogen and oxygen atoms in total. The summed E-state index contributed by atoms with van der Waals surface area (Å²) in [5.74, 6) is 0.604. The fraction of sp³-hybridized carbons (Fsp3) is 0.292. The summed E-state index contributed by atoms with van der Waals surface area (Å²) in [5, 5.41) is 6.54. The minimum absolute atomic E-state index is 0.0776. The molecule has 1 aromatic heterocycles. The van der Waals surface area contributed by atoms with Crippen LogP contribution in [-0.4, -0.2) is 43.2 Å². The molecule has 9 heteroatoms. The maximum Gasteiger partial charge on any atom is 0.323 e. The SMILES string of the molecule is COc1nc(OCc2cccc(-c3ccccc3)c2Cl)nc(OC)c1CNCCNC(C)=O. The molecule has 0 aliphatic carbocycles. The Hall–Kier alpha value is -3.36. The third-order valence-corrected chi connectivity index (χ3v) is 5.24. The molecule has 0 saturated heterocycles. The molecule has 0 fully saturated rings. The number of carbonyl (C=O) groups is 1. The molecule has 0 radical (unpaired) electrons. The monoisotopic (exact) mass is 470 g/mol. The van der Waals surface area contributed by atoms with E-state index in [9.17, 15) is 4.79 Å². The molecule has 1 heterocycles. The van der Waals surface area contributed by atoms with Crippen molar-refractivity contribution in [3.8, 4) is 28.9 Å². The Labute approximate surface area is 198 Å². The molecule has 0 bridgehead atoms. The minimum Gasteiger partial charge on any atom is -0.481 e. The molecule has 174 valence electrons. The van der Waals surface area contributed by atoms with Crippen molar-refractivity contribution in [1.82, 2.24) is 20.6 Å². The highest BCUT2D eigenvalue weighted by Crippen LogP contribution is 2.32. The van der Waals surface area contributed by atoms with Crippen LogP contribution >= 0.6 is 11.6 Å². The normalized spacial score (nSPS) is 10.5. The van der Waals surface area contributed by atoms with Crippen LogP contribution in [0.2, 0.25) is 5.02 Å². The van der Waals surface area contributed by atoms with Gasteiger partial charge in [0.15, 0.2) is 0 Å². The third kappa shape index (κ3) is 6.57. The van der Waals surface area contributed by atoms with Crippen LogP contribution in [0.25, 0.3) is 11.1 Å². The Bertz CT molecular complexity index is 1050. The van der Waals surface area contributed by atoms with Gasteiger partial charge in [0.05, 0.1) is 24.8 Å². The molecule has 1 amide bonds. The number of methoxy groups -OCH3 is 2. The van der Waals surface area contributed by atoms with Crippen LogP contribution < -0.4 is 24.8 Å². The molecule has 0 unspecified atom stereocenters. The van der Waals surface area contributed by atoms with Crippen LogP contribution in [-0.2, 0) is 17.9 Å². The summed E-state index contributed by atoms with van der Waals surface area (Å²) < 4.78 is 16.7. The van der Waals surface area contributed by atoms with E-state index in [1.807, 2.05) is 48.5 Å². The van der Waals surface area contributed by atoms with Gasteiger partial charge in [0, 0.05) is 37.7 Å². The van der Waals surface area contributed by atoms with Crippen LogP contribution in [0, 0.1) is 0 Å². The lowest BCUT2D eigenvalue weighted by atomic mass is 10.0. The van der Waals surface area contributed by atoms with E-state index in [0.29, 0.717) is 42.0 Å². The van der Waals surface area contributed by atoms with Gasteiger partial charge in [-0.25, -0.2) is 0 Å². The molecule has 33 heavy (non-hydrogen) atoms. The summed E-state index contributed by atoms with van der Waals surface area (Å²) in [5.41, 5.74) is 3.41. The number of nitrogens with one attached hydrogen (secondary N) is 2. The van der Waals surface area contributed by atoms with Gasteiger partial charge >= 0.3 is 6.01 Å². The number of aromatic nitrogens is 2. The van der Waals surface area contributed by atoms with Crippen molar-refractivity contribution in [1.29, 1.82) is 0 Å². The standard InChI is InChI=1S/C24H27ClN4O4/c1-16(30)27-13-12-26-14-20-22(31-2)28-24(29-23(20)32-3)33-15-18-10-7-11-19(21(18)25)17-8-5-4-6-9-17/h4-11,26H,12-15H2,1-3H3,(H,27,30). The molecular weight excluding hydrogens is 444 g/mol. The van der Waals surface area contributed by atoms with Crippen molar-refractivity contribution in [3.05, 3.63) is 64.7 Å². The van der Waals surface area contributed by atoms with Gasteiger partial charge in [-0.05, 0) is 5.56 Å². The summed E-state index contributed by atoms with van der Waals surface area (Å²) in [7, 11) is 3.04. The number of amides is 1. The molecule has 0 spiro atoms. The number of benzene rings is 2. The first kappa shape index (κ1) is 24.3. The van der Waals surface area contributed by atoms with Crippen molar-refractivity contribution in [2.24, 2.45) is 0 Å². The maximum absolute atomic E-state index is 11.0. The lowest BCUT2D eigenvalue weighted by Gasteiger charge is -2.15. The molecule has 0 saturated carbocycles. The van der Waals surface area contributed by atoms with E-state index in [1.165, 1.54) is 21.1 Å². The van der Waals surface area contributed by atoms with E-state index in [4.69, 9.17) is 25.8 Å². The van der Waals surface area contributed by atoms with Gasteiger partial charge in [-0.1, -0.05) is 60.1 Å². The fourth-order valence-corrected chi connectivity index (χ4v) is 3.48. The van der Waals surface area contributed by atoms with E-state index in [1.54, 1.807) is 0 Å². The zero-order valence-corrected chi connectivity index (χ0v) is 19.6. The smallest absolute Gasteiger partial charge is 0.323 e. The van der Waals surface area contributed by atoms with Gasteiger partial charge in [-0.3, -0.25) is 4.79 Å². The lowest BCUT2D eigenvalue weighted by molar-refractivity contribution is -0.118. The number of carbonyl (C=O) groups excluding carboxylic acids is 1. The predicted molar refractivity (Wildman–Crippen MR) is 127 cm³/mol. The molecule has 3 aromatic rings. The third-order valence-electron chi connectivity index (χ3n) is 4.80. The van der Waals surface area contributed by atoms with Gasteiger partial charge in [-0.15, -0.1) is 0 Å². The Kier molecular flexibility index (Phi) is 8.86. The lowest BCUT2D eigenvalue weighted by Crippen LogP contribution is -2.30. The molecule has 0 atom stereocenters. The largest absolute Gasteiger partial charge is 0.481 e. The summed E-state index contributed by atoms with van der Waals surface area (Å²) in [6.45, 7) is 3.13. The summed E-state index contributed by atoms with van der Waals surface area (Å²) in [4.78, 5) is 19.7. The average Bonchev–Trinajstić information content (AvgIpc) is 2.83. The van der Waals surface area contributed by atoms with Gasteiger partial charge in [0.2, 0.25) is 17.7 Å². The van der Waals surface area contributed by atoms with Gasteiger partial charge < -0.3 is 24.8 Å². The van der Waals surface area contributed by atoms with Crippen LogP contribution in [0.1, 0.15) is 18.1 Å². The van der Waals surface area contributed by atoms with Gasteiger partial charge in [-0.2, -0.15) is 9.97 Å². The van der Waals surface area contributed by atoms with E-state index in [2.05, 4.69) is 20.6 Å². The molecule has 2 N–H and O–H groups in total. The second kappa shape index (κ2) is 12.0. The van der Waals surface area contributed by atoms with Crippen LogP contribution in [0.5, 0.6) is 17.8 Å². The quantitative estimate of drug-likeness (QED) is 0.413. The van der Waals surface area contributed by atoms with Crippen molar-refractivity contribution >= 4 is 17.5 Å². The first-order valence-electron chi connectivity index (χ1n) is 10.4. The molecule has 2 aromatic carbocycles. The van der Waals surface area contributed by atoms with E-state index >= 15 is 0 Å². The summed E-state index contributed by atoms with van der Waals surface area (Å²) in [6.07, 6.45) is 0. The number of hydrogen-bond donors (Lipinski definition) is 2. The number of ether oxygens (including phenoxy) is 3. The van der Waals surface area contributed by atoms with Crippen molar-refractivity contribution < 1.29 is 19.0 Å². The number of nitrogens with zero attached hydrogens (tertiary/aromatic N) is 2. The molecular formula is C24H27ClN4O4. The zero-order chi connectivity index (χ0) is 23.6. The Balaban J connectivity index is 1.72. The van der Waals surface area contributed by atoms with Crippen LogP contribution in [0.3, 0.4) is 0 Å². The highest BCUT2D eigenvalue weighted by atomic mass is 35.5. The van der Waals surface area contributed by atoms with Crippen molar-refractivity contribution in [2.45, 2.75) is 20.1 Å². The fourth-order valence-electron chi connectivity index (χ4n) is 3.19.